The number of aromatic nitrogens is 6. The van der Waals surface area contributed by atoms with Gasteiger partial charge in [-0.25, -0.2) is 25.5 Å². The SMILES string of the molecule is CCOC(=O)C(=O)Cl.CCOC(=O)C(=O)NNC(=O)c1ccccc1.CCOC(=O)c1nnc(-c2ccccc2)o1.NCC(=O)N1CCN(C(=O)c2ccccc2C(F)(F)F)CC1.NNC(=O)c1ccccc1.O=C(NCC(=O)N1CCN(C(=O)c2ccccc2C(F)(F)F)CC1)c1nnc(-c2ccccc2)o1.O=C([O-])c1nnc(C2=CC=C[C+]=C2)o1.OOC(F)(F)F.[Li+]. The van der Waals surface area contributed by atoms with Gasteiger partial charge in [-0.15, -0.1) is 43.6 Å². The van der Waals surface area contributed by atoms with E-state index in [1.165, 1.54) is 49.9 Å². The summed E-state index contributed by atoms with van der Waals surface area (Å²) in [6, 6.07) is 44.5. The third-order valence-corrected chi connectivity index (χ3v) is 16.1. The van der Waals surface area contributed by atoms with Crippen LogP contribution in [0.1, 0.15) is 111 Å². The van der Waals surface area contributed by atoms with Gasteiger partial charge < -0.3 is 68.0 Å². The topological polar surface area (TPSA) is 532 Å². The van der Waals surface area contributed by atoms with Crippen LogP contribution in [0.5, 0.6) is 0 Å². The number of alkyl halides is 9. The van der Waals surface area contributed by atoms with Gasteiger partial charge in [-0.05, 0) is 105 Å². The van der Waals surface area contributed by atoms with E-state index in [4.69, 9.17) is 46.4 Å². The normalized spacial score (nSPS) is 12.2. The van der Waals surface area contributed by atoms with E-state index in [1.807, 2.05) is 58.2 Å². The molecule has 2 saturated heterocycles. The third-order valence-electron chi connectivity index (χ3n) is 15.9. The van der Waals surface area contributed by atoms with Gasteiger partial charge in [-0.3, -0.25) is 59.4 Å². The molecule has 0 bridgehead atoms. The molecule has 2 aliphatic heterocycles. The average Bonchev–Trinajstić information content (AvgIpc) is 1.75. The van der Waals surface area contributed by atoms with Crippen LogP contribution in [0.4, 0.5) is 39.5 Å². The fourth-order valence-corrected chi connectivity index (χ4v) is 10.1. The number of nitrogens with one attached hydrogen (secondary N) is 4. The number of nitrogens with two attached hydrogens (primary N) is 2. The number of amides is 8. The van der Waals surface area contributed by atoms with Gasteiger partial charge in [0.15, 0.2) is 5.57 Å². The zero-order chi connectivity index (χ0) is 94.5. The van der Waals surface area contributed by atoms with Crippen molar-refractivity contribution in [3.8, 4) is 22.9 Å². The summed E-state index contributed by atoms with van der Waals surface area (Å²) in [6.07, 6.45) is -4.55. The second kappa shape index (κ2) is 54.2. The van der Waals surface area contributed by atoms with Gasteiger partial charge in [0.25, 0.3) is 29.5 Å². The summed E-state index contributed by atoms with van der Waals surface area (Å²) in [5.41, 5.74) is 11.6. The van der Waals surface area contributed by atoms with Crippen LogP contribution >= 0.6 is 11.6 Å². The number of allylic oxidation sites excluding steroid dienone is 6. The number of ether oxygens (including phenoxy) is 3. The minimum absolute atomic E-state index is 0. The number of hydrogen-bond acceptors (Lipinski definition) is 30. The van der Waals surface area contributed by atoms with Crippen molar-refractivity contribution < 1.29 is 163 Å². The van der Waals surface area contributed by atoms with Crippen LogP contribution in [0.2, 0.25) is 0 Å². The van der Waals surface area contributed by atoms with E-state index in [0.29, 0.717) is 28.2 Å². The molecule has 0 saturated carbocycles. The molecule has 6 aromatic carbocycles. The van der Waals surface area contributed by atoms with E-state index >= 15 is 0 Å². The van der Waals surface area contributed by atoms with E-state index in [-0.39, 0.29) is 145 Å². The maximum Gasteiger partial charge on any atom is 1.00 e. The molecule has 9 N–H and O–H groups in total. The van der Waals surface area contributed by atoms with Crippen molar-refractivity contribution in [3.63, 3.8) is 0 Å². The van der Waals surface area contributed by atoms with Crippen LogP contribution in [0.15, 0.2) is 207 Å². The van der Waals surface area contributed by atoms with Gasteiger partial charge in [0.1, 0.15) is 18.1 Å². The number of hydrazine groups is 2. The predicted molar refractivity (Wildman–Crippen MR) is 422 cm³/mol. The van der Waals surface area contributed by atoms with Gasteiger partial charge in [-0.2, -0.15) is 26.3 Å². The Bertz CT molecular complexity index is 5290. The monoisotopic (exact) mass is 1830 g/mol. The number of carbonyl (C=O) groups excluding carboxylic acids is 13. The van der Waals surface area contributed by atoms with Gasteiger partial charge >= 0.3 is 90.2 Å². The molecule has 0 spiro atoms. The van der Waals surface area contributed by atoms with Crippen LogP contribution < -0.4 is 57.1 Å². The first-order valence-corrected chi connectivity index (χ1v) is 37.3. The second-order valence-corrected chi connectivity index (χ2v) is 24.8. The second-order valence-electron chi connectivity index (χ2n) is 24.5. The maximum atomic E-state index is 13.2. The van der Waals surface area contributed by atoms with E-state index < -0.39 is 106 Å². The number of carbonyl (C=O) groups is 13. The van der Waals surface area contributed by atoms with Crippen LogP contribution in [0.25, 0.3) is 28.5 Å². The number of aromatic carboxylic acids is 1. The number of halogens is 10. The van der Waals surface area contributed by atoms with E-state index in [2.05, 4.69) is 56.9 Å². The van der Waals surface area contributed by atoms with Crippen LogP contribution in [0.3, 0.4) is 0 Å². The maximum absolute atomic E-state index is 13.2. The number of carboxylic acids is 1. The molecule has 678 valence electrons. The Balaban J connectivity index is 0.000000326. The summed E-state index contributed by atoms with van der Waals surface area (Å²) in [6.45, 7) is 6.28. The zero-order valence-corrected chi connectivity index (χ0v) is 68.9. The fraction of sp³-hybridized carbons (Fsp3) is 0.237. The molecular weight excluding hydrogens is 1750 g/mol. The Morgan fingerprint density at radius 3 is 1.28 bits per heavy atom. The number of nitrogens with zero attached hydrogens (tertiary/aromatic N) is 10. The van der Waals surface area contributed by atoms with E-state index in [9.17, 15) is 107 Å². The molecule has 3 aromatic heterocycles. The van der Waals surface area contributed by atoms with Crippen molar-refractivity contribution in [1.82, 2.24) is 71.8 Å². The minimum Gasteiger partial charge on any atom is -0.540 e. The van der Waals surface area contributed by atoms with E-state index in [0.717, 1.165) is 23.8 Å². The first-order valence-electron chi connectivity index (χ1n) is 37.0. The summed E-state index contributed by atoms with van der Waals surface area (Å²) in [7, 11) is 0. The third kappa shape index (κ3) is 36.4. The summed E-state index contributed by atoms with van der Waals surface area (Å²) in [4.78, 5) is 154. The smallest absolute Gasteiger partial charge is 0.540 e. The van der Waals surface area contributed by atoms with Crippen molar-refractivity contribution >= 4 is 93.6 Å². The first kappa shape index (κ1) is 107. The Hall–Kier alpha value is -14.7. The molecule has 3 aliphatic rings. The molecule has 0 unspecified atom stereocenters. The number of rotatable bonds is 17. The zero-order valence-electron chi connectivity index (χ0n) is 68.1. The molecule has 12 rings (SSSR count). The fourth-order valence-electron chi connectivity index (χ4n) is 10.0. The summed E-state index contributed by atoms with van der Waals surface area (Å²) < 4.78 is 138. The molecule has 8 amide bonds. The van der Waals surface area contributed by atoms with Crippen molar-refractivity contribution in [2.45, 2.75) is 39.5 Å². The van der Waals surface area contributed by atoms with Gasteiger partial charge in [0.2, 0.25) is 23.6 Å². The quantitative estimate of drug-likeness (QED) is 0.00584. The number of esters is 3. The number of benzene rings is 6. The van der Waals surface area contributed by atoms with Crippen molar-refractivity contribution in [3.05, 3.63) is 257 Å². The predicted octanol–water partition coefficient (Wildman–Crippen LogP) is 3.69. The molecule has 9 aromatic rings. The van der Waals surface area contributed by atoms with Crippen LogP contribution in [-0.4, -0.2) is 223 Å². The summed E-state index contributed by atoms with van der Waals surface area (Å²) in [5, 5.41) is 40.2. The van der Waals surface area contributed by atoms with E-state index in [1.54, 1.807) is 124 Å². The Morgan fingerprint density at radius 1 is 0.496 bits per heavy atom. The molecule has 0 atom stereocenters. The Morgan fingerprint density at radius 2 is 0.884 bits per heavy atom. The van der Waals surface area contributed by atoms with Crippen LogP contribution in [-0.2, 0) is 60.2 Å². The molecule has 1 aliphatic carbocycles. The van der Waals surface area contributed by atoms with Crippen molar-refractivity contribution in [2.24, 2.45) is 11.6 Å². The summed E-state index contributed by atoms with van der Waals surface area (Å²) >= 11 is 4.69. The molecule has 49 heteroatoms. The number of nitrogen functional groups attached to an aromatic ring is 1. The number of piperazine rings is 2. The summed E-state index contributed by atoms with van der Waals surface area (Å²) in [5.74, 6) is -4.12. The minimum atomic E-state index is -4.90. The van der Waals surface area contributed by atoms with Crippen molar-refractivity contribution in [2.75, 3.05) is 85.3 Å². The van der Waals surface area contributed by atoms with Crippen molar-refractivity contribution in [1.29, 1.82) is 0 Å². The van der Waals surface area contributed by atoms with Gasteiger partial charge in [0.05, 0.1) is 61.2 Å². The van der Waals surface area contributed by atoms with Crippen LogP contribution in [0, 0.1) is 6.08 Å². The van der Waals surface area contributed by atoms with Gasteiger partial charge in [-0.1, -0.05) is 102 Å². The molecule has 0 radical (unpaired) electrons. The molecular formula is C80H76ClF9LiN16O22+. The Labute approximate surface area is 741 Å². The standard InChI is InChI=1S/C23H20F3N5O4.C14H16F3N3O2.C11H12N2O4.C11H10N2O3.C9H4N2O3.C7H8N2O.C4H5ClO3.CHF3O2.Li/c24-23(25,26)17-9-5-4-8-16(17)22(34)31-12-10-30(11-13-31)18(32)14-27-19(33)21-29-28-20(35-21)15-6-2-1-3-7-15;15-14(16,17)11-4-2-1-3-10(11)13(22)20-7-5-19(6-8-20)12(21)9-18;1-2-17-11(16)10(15)13-12-9(14)8-6-4-3-5-7-8;1-2-15-11(14)10-13-12-9(16-10)8-6-4-3-5-7-8;12-9(13)8-11-10-7(14-8)6-4-2-1-3-5-6;8-9-7(10)6-4-2-1-3-5-6;1-2-8-4(7)3(5)6;2-1(3,4)6-5;/h1-9H,10-14H2,(H,27,33);1-4H,5-9,18H2;3-7H,2H2,1H3,(H,12,14)(H,13,15);3-7H,2H2,1H3;1-2,4-5H;1-5H,8H2,(H,9,10);2H2,1H3;5H;/q;;;;;;;;+1. The molecule has 5 heterocycles. The molecule has 129 heavy (non-hydrogen) atoms. The number of hydrogen-bond donors (Lipinski definition) is 7. The Kier molecular flexibility index (Phi) is 44.8. The van der Waals surface area contributed by atoms with Gasteiger partial charge in [0, 0.05) is 86.8 Å². The molecule has 38 nitrogen and oxygen atoms in total. The molecule has 2 fully saturated rings. The number of carboxylic acid groups (broad SMARTS) is 1. The largest absolute Gasteiger partial charge is 1.00 e. The average molecular weight is 1830 g/mol. The first-order chi connectivity index (χ1) is 60.9.